The first kappa shape index (κ1) is 30.0. The fourth-order valence-electron chi connectivity index (χ4n) is 5.30. The van der Waals surface area contributed by atoms with Gasteiger partial charge >= 0.3 is 0 Å². The number of carbonyl (C=O) groups is 3. The topological polar surface area (TPSA) is 149 Å². The maximum Gasteiger partial charge on any atom is 0.252 e. The van der Waals surface area contributed by atoms with Crippen LogP contribution in [0.5, 0.6) is 5.88 Å². The van der Waals surface area contributed by atoms with E-state index in [0.717, 1.165) is 11.8 Å². The number of likely N-dealkylation sites (tertiary alicyclic amines) is 2. The van der Waals surface area contributed by atoms with Crippen molar-refractivity contribution in [3.8, 4) is 5.88 Å². The SMILES string of the molecule is O=C(NC[C@@H]1CCCN1C(=O)CN1CCC[C@H](NS(=O)(=O)/C=C/c2ccc(Cl)s2)C1=O)c1cc(O)nc2ccccc12. The molecule has 1 aromatic carbocycles. The van der Waals surface area contributed by atoms with Crippen molar-refractivity contribution in [1.82, 2.24) is 24.8 Å². The van der Waals surface area contributed by atoms with E-state index in [2.05, 4.69) is 15.0 Å². The van der Waals surface area contributed by atoms with Gasteiger partial charge in [0.1, 0.15) is 6.04 Å². The number of hydrogen-bond acceptors (Lipinski definition) is 8. The Morgan fingerprint density at radius 1 is 1.14 bits per heavy atom. The van der Waals surface area contributed by atoms with E-state index >= 15 is 0 Å². The van der Waals surface area contributed by atoms with Crippen LogP contribution in [0, 0.1) is 0 Å². The highest BCUT2D eigenvalue weighted by Gasteiger charge is 2.35. The molecule has 0 spiro atoms. The summed E-state index contributed by atoms with van der Waals surface area (Å²) < 4.78 is 28.2. The summed E-state index contributed by atoms with van der Waals surface area (Å²) in [6.07, 6.45) is 3.73. The minimum Gasteiger partial charge on any atom is -0.493 e. The summed E-state index contributed by atoms with van der Waals surface area (Å²) in [6, 6.07) is 10.5. The molecule has 0 aliphatic carbocycles. The van der Waals surface area contributed by atoms with Gasteiger partial charge in [-0.25, -0.2) is 13.4 Å². The Labute approximate surface area is 252 Å². The predicted octanol–water partition coefficient (Wildman–Crippen LogP) is 2.96. The van der Waals surface area contributed by atoms with Crippen molar-refractivity contribution >= 4 is 67.7 Å². The molecule has 2 saturated heterocycles. The van der Waals surface area contributed by atoms with Crippen LogP contribution in [0.3, 0.4) is 0 Å². The number of halogens is 1. The quantitative estimate of drug-likeness (QED) is 0.329. The molecule has 5 rings (SSSR count). The highest BCUT2D eigenvalue weighted by Crippen LogP contribution is 2.24. The maximum absolute atomic E-state index is 13.3. The standard InChI is InChI=1S/C28H30ClN5O6S2/c29-24-10-9-19(41-24)11-14-42(39,40)32-23-8-4-12-33(28(23)38)17-26(36)34-13-3-5-18(34)16-30-27(37)21-15-25(35)31-22-7-2-1-6-20(21)22/h1-2,6-7,9-11,14-15,18,23,32H,3-5,8,12-13,16-17H2,(H,30,37)(H,31,35)/b14-11+/t18-,23-/m0/s1. The highest BCUT2D eigenvalue weighted by atomic mass is 35.5. The van der Waals surface area contributed by atoms with Crippen molar-refractivity contribution in [3.05, 3.63) is 62.6 Å². The number of carbonyl (C=O) groups excluding carboxylic acids is 3. The molecule has 42 heavy (non-hydrogen) atoms. The molecule has 0 bridgehead atoms. The van der Waals surface area contributed by atoms with Crippen LogP contribution in [0.2, 0.25) is 4.34 Å². The summed E-state index contributed by atoms with van der Waals surface area (Å²) in [7, 11) is -3.90. The van der Waals surface area contributed by atoms with Gasteiger partial charge < -0.3 is 20.2 Å². The average Bonchev–Trinajstić information content (AvgIpc) is 3.61. The maximum atomic E-state index is 13.3. The van der Waals surface area contributed by atoms with Crippen LogP contribution in [-0.4, -0.2) is 84.3 Å². The Hall–Kier alpha value is -3.52. The molecular weight excluding hydrogens is 602 g/mol. The van der Waals surface area contributed by atoms with Crippen LogP contribution < -0.4 is 10.0 Å². The van der Waals surface area contributed by atoms with Gasteiger partial charge in [0.25, 0.3) is 5.91 Å². The van der Waals surface area contributed by atoms with Crippen LogP contribution in [0.25, 0.3) is 17.0 Å². The van der Waals surface area contributed by atoms with Crippen molar-refractivity contribution in [2.75, 3.05) is 26.2 Å². The number of pyridine rings is 1. The lowest BCUT2D eigenvalue weighted by atomic mass is 10.1. The lowest BCUT2D eigenvalue weighted by molar-refractivity contribution is -0.143. The fourth-order valence-corrected chi connectivity index (χ4v) is 7.37. The van der Waals surface area contributed by atoms with E-state index in [1.807, 2.05) is 0 Å². The lowest BCUT2D eigenvalue weighted by Crippen LogP contribution is -2.55. The minimum absolute atomic E-state index is 0.173. The van der Waals surface area contributed by atoms with Crippen LogP contribution >= 0.6 is 22.9 Å². The summed E-state index contributed by atoms with van der Waals surface area (Å²) in [6.45, 7) is 0.877. The number of rotatable bonds is 9. The van der Waals surface area contributed by atoms with E-state index < -0.39 is 22.0 Å². The second kappa shape index (κ2) is 12.8. The number of fused-ring (bicyclic) bond motifs is 1. The first-order valence-corrected chi connectivity index (χ1v) is 16.2. The number of benzene rings is 1. The van der Waals surface area contributed by atoms with Crippen molar-refractivity contribution in [1.29, 1.82) is 0 Å². The molecule has 3 amide bonds. The molecule has 2 aromatic heterocycles. The smallest absolute Gasteiger partial charge is 0.252 e. The summed E-state index contributed by atoms with van der Waals surface area (Å²) >= 11 is 7.12. The first-order chi connectivity index (χ1) is 20.1. The monoisotopic (exact) mass is 631 g/mol. The number of nitrogens with one attached hydrogen (secondary N) is 2. The number of aromatic nitrogens is 1. The van der Waals surface area contributed by atoms with Gasteiger partial charge in [0.2, 0.25) is 27.7 Å². The zero-order valence-corrected chi connectivity index (χ0v) is 24.9. The van der Waals surface area contributed by atoms with E-state index in [1.165, 1.54) is 28.4 Å². The molecule has 0 radical (unpaired) electrons. The normalized spacial score (nSPS) is 19.6. The Balaban J connectivity index is 1.17. The van der Waals surface area contributed by atoms with Gasteiger partial charge in [-0.05, 0) is 50.0 Å². The number of sulfonamides is 1. The largest absolute Gasteiger partial charge is 0.493 e. The Bertz CT molecular complexity index is 1640. The van der Waals surface area contributed by atoms with E-state index in [9.17, 15) is 27.9 Å². The van der Waals surface area contributed by atoms with Crippen molar-refractivity contribution in [3.63, 3.8) is 0 Å². The molecule has 2 aliphatic heterocycles. The Morgan fingerprint density at radius 3 is 2.71 bits per heavy atom. The third kappa shape index (κ3) is 7.09. The Kier molecular flexibility index (Phi) is 9.11. The average molecular weight is 632 g/mol. The summed E-state index contributed by atoms with van der Waals surface area (Å²) in [5.41, 5.74) is 0.783. The first-order valence-electron chi connectivity index (χ1n) is 13.5. The van der Waals surface area contributed by atoms with Crippen molar-refractivity contribution in [2.45, 2.75) is 37.8 Å². The fraction of sp³-hybridized carbons (Fsp3) is 0.357. The van der Waals surface area contributed by atoms with Gasteiger partial charge in [-0.2, -0.15) is 4.72 Å². The van der Waals surface area contributed by atoms with E-state index in [1.54, 1.807) is 41.3 Å². The molecule has 0 saturated carbocycles. The zero-order chi connectivity index (χ0) is 29.9. The molecule has 0 unspecified atom stereocenters. The number of thiophene rings is 1. The Morgan fingerprint density at radius 2 is 1.93 bits per heavy atom. The van der Waals surface area contributed by atoms with Crippen LogP contribution in [0.15, 0.2) is 47.9 Å². The van der Waals surface area contributed by atoms with Gasteiger partial charge in [-0.1, -0.05) is 29.8 Å². The molecule has 3 aromatic rings. The number of aromatic hydroxyl groups is 1. The van der Waals surface area contributed by atoms with Crippen molar-refractivity contribution < 1.29 is 27.9 Å². The molecule has 4 heterocycles. The number of hydrogen-bond donors (Lipinski definition) is 3. The summed E-state index contributed by atoms with van der Waals surface area (Å²) in [4.78, 5) is 47.2. The van der Waals surface area contributed by atoms with Gasteiger partial charge in [-0.15, -0.1) is 11.3 Å². The number of para-hydroxylation sites is 1. The van der Waals surface area contributed by atoms with E-state index in [4.69, 9.17) is 11.6 Å². The second-order valence-electron chi connectivity index (χ2n) is 10.2. The molecule has 2 atom stereocenters. The molecular formula is C28H30ClN5O6S2. The molecule has 2 aliphatic rings. The molecule has 2 fully saturated rings. The van der Waals surface area contributed by atoms with Gasteiger partial charge in [0.05, 0.1) is 22.0 Å². The minimum atomic E-state index is -3.90. The second-order valence-corrected chi connectivity index (χ2v) is 13.5. The zero-order valence-electron chi connectivity index (χ0n) is 22.5. The summed E-state index contributed by atoms with van der Waals surface area (Å²) in [5, 5.41) is 14.4. The van der Waals surface area contributed by atoms with Gasteiger partial charge in [0.15, 0.2) is 0 Å². The van der Waals surface area contributed by atoms with Gasteiger partial charge in [-0.3, -0.25) is 14.4 Å². The molecule has 11 nitrogen and oxygen atoms in total. The third-order valence-electron chi connectivity index (χ3n) is 7.31. The number of piperidine rings is 1. The van der Waals surface area contributed by atoms with Gasteiger partial charge in [0, 0.05) is 47.4 Å². The van der Waals surface area contributed by atoms with Crippen LogP contribution in [0.4, 0.5) is 0 Å². The molecule has 14 heteroatoms. The van der Waals surface area contributed by atoms with E-state index in [0.29, 0.717) is 52.5 Å². The lowest BCUT2D eigenvalue weighted by Gasteiger charge is -2.34. The third-order valence-corrected chi connectivity index (χ3v) is 9.62. The molecule has 222 valence electrons. The number of amides is 3. The van der Waals surface area contributed by atoms with E-state index in [-0.39, 0.29) is 42.4 Å². The summed E-state index contributed by atoms with van der Waals surface area (Å²) in [5.74, 6) is -1.35. The van der Waals surface area contributed by atoms with Crippen molar-refractivity contribution in [2.24, 2.45) is 0 Å². The van der Waals surface area contributed by atoms with Crippen LogP contribution in [-0.2, 0) is 19.6 Å². The number of nitrogens with zero attached hydrogens (tertiary/aromatic N) is 3. The van der Waals surface area contributed by atoms with Crippen LogP contribution in [0.1, 0.15) is 40.9 Å². The molecule has 3 N–H and O–H groups in total. The predicted molar refractivity (Wildman–Crippen MR) is 160 cm³/mol. The highest BCUT2D eigenvalue weighted by molar-refractivity contribution is 7.92.